The lowest BCUT2D eigenvalue weighted by Gasteiger charge is -2.13. The summed E-state index contributed by atoms with van der Waals surface area (Å²) in [6.45, 7) is 3.88. The quantitative estimate of drug-likeness (QED) is 0.233. The molecular weight excluding hydrogens is 456 g/mol. The Bertz CT molecular complexity index is 1080. The standard InChI is InChI=1S/C26H30O7S/c1-22-11-13-24(14-12-22)34(27,28)33-20-18-30-16-15-29-17-19-31-25-9-5-6-10-26(25)32-21-23-7-3-2-4-8-23/h2-14H,15-21H2,1H3. The van der Waals surface area contributed by atoms with E-state index in [-0.39, 0.29) is 18.1 Å². The molecule has 0 saturated heterocycles. The molecule has 0 unspecified atom stereocenters. The summed E-state index contributed by atoms with van der Waals surface area (Å²) in [6, 6.07) is 23.9. The van der Waals surface area contributed by atoms with Gasteiger partial charge >= 0.3 is 0 Å². The first-order chi connectivity index (χ1) is 16.5. The third kappa shape index (κ3) is 8.79. The highest BCUT2D eigenvalue weighted by molar-refractivity contribution is 7.86. The van der Waals surface area contributed by atoms with E-state index >= 15 is 0 Å². The Kier molecular flexibility index (Phi) is 10.4. The van der Waals surface area contributed by atoms with Gasteiger partial charge in [0.15, 0.2) is 11.5 Å². The first kappa shape index (κ1) is 25.7. The molecule has 8 heteroatoms. The van der Waals surface area contributed by atoms with Crippen molar-refractivity contribution in [3.8, 4) is 11.5 Å². The SMILES string of the molecule is Cc1ccc(S(=O)(=O)OCCOCCOCCOc2ccccc2OCc2ccccc2)cc1. The molecule has 3 aromatic rings. The van der Waals surface area contributed by atoms with E-state index in [4.69, 9.17) is 23.1 Å². The highest BCUT2D eigenvalue weighted by Gasteiger charge is 2.14. The summed E-state index contributed by atoms with van der Waals surface area (Å²) in [6.07, 6.45) is 0. The van der Waals surface area contributed by atoms with E-state index in [0.717, 1.165) is 11.1 Å². The van der Waals surface area contributed by atoms with Gasteiger partial charge in [-0.1, -0.05) is 60.2 Å². The summed E-state index contributed by atoms with van der Waals surface area (Å²) in [4.78, 5) is 0.133. The maximum Gasteiger partial charge on any atom is 0.297 e. The van der Waals surface area contributed by atoms with Crippen LogP contribution in [0.15, 0.2) is 83.8 Å². The fraction of sp³-hybridized carbons (Fsp3) is 0.308. The minimum atomic E-state index is -3.77. The molecule has 0 heterocycles. The number of ether oxygens (including phenoxy) is 4. The van der Waals surface area contributed by atoms with Crippen LogP contribution in [0.3, 0.4) is 0 Å². The van der Waals surface area contributed by atoms with E-state index < -0.39 is 10.1 Å². The Hall–Kier alpha value is -2.91. The number of aryl methyl sites for hydroxylation is 1. The predicted octanol–water partition coefficient (Wildman–Crippen LogP) is 4.39. The van der Waals surface area contributed by atoms with Crippen molar-refractivity contribution in [3.63, 3.8) is 0 Å². The number of benzene rings is 3. The van der Waals surface area contributed by atoms with Crippen LogP contribution in [0.2, 0.25) is 0 Å². The molecule has 3 rings (SSSR count). The van der Waals surface area contributed by atoms with Crippen molar-refractivity contribution in [2.45, 2.75) is 18.4 Å². The zero-order valence-electron chi connectivity index (χ0n) is 19.2. The van der Waals surface area contributed by atoms with Gasteiger partial charge in [-0.2, -0.15) is 8.42 Å². The first-order valence-corrected chi connectivity index (χ1v) is 12.5. The van der Waals surface area contributed by atoms with Gasteiger partial charge in [-0.25, -0.2) is 0 Å². The lowest BCUT2D eigenvalue weighted by atomic mass is 10.2. The number of rotatable bonds is 15. The normalized spacial score (nSPS) is 11.3. The van der Waals surface area contributed by atoms with Crippen LogP contribution in [0.4, 0.5) is 0 Å². The Morgan fingerprint density at radius 2 is 1.18 bits per heavy atom. The molecule has 0 radical (unpaired) electrons. The molecule has 0 aliphatic heterocycles. The van der Waals surface area contributed by atoms with Gasteiger partial charge < -0.3 is 18.9 Å². The number of hydrogen-bond acceptors (Lipinski definition) is 7. The second-order valence-corrected chi connectivity index (χ2v) is 9.00. The maximum absolute atomic E-state index is 12.1. The summed E-state index contributed by atoms with van der Waals surface area (Å²) in [5, 5.41) is 0. The van der Waals surface area contributed by atoms with Gasteiger partial charge in [-0.05, 0) is 36.8 Å². The van der Waals surface area contributed by atoms with Crippen molar-refractivity contribution >= 4 is 10.1 Å². The average molecular weight is 487 g/mol. The number of hydrogen-bond donors (Lipinski definition) is 0. The van der Waals surface area contributed by atoms with Crippen molar-refractivity contribution in [1.82, 2.24) is 0 Å². The Balaban J connectivity index is 1.25. The van der Waals surface area contributed by atoms with Gasteiger partial charge in [-0.3, -0.25) is 4.18 Å². The largest absolute Gasteiger partial charge is 0.487 e. The highest BCUT2D eigenvalue weighted by atomic mass is 32.2. The second kappa shape index (κ2) is 13.7. The van der Waals surface area contributed by atoms with Gasteiger partial charge in [0.2, 0.25) is 0 Å². The summed E-state index contributed by atoms with van der Waals surface area (Å²) < 4.78 is 51.7. The predicted molar refractivity (Wildman–Crippen MR) is 129 cm³/mol. The van der Waals surface area contributed by atoms with Crippen LogP contribution in [0.1, 0.15) is 11.1 Å². The monoisotopic (exact) mass is 486 g/mol. The molecule has 0 aromatic heterocycles. The molecule has 0 spiro atoms. The van der Waals surface area contributed by atoms with E-state index in [9.17, 15) is 8.42 Å². The van der Waals surface area contributed by atoms with Gasteiger partial charge in [-0.15, -0.1) is 0 Å². The zero-order valence-corrected chi connectivity index (χ0v) is 20.0. The third-order valence-corrected chi connectivity index (χ3v) is 6.05. The first-order valence-electron chi connectivity index (χ1n) is 11.0. The van der Waals surface area contributed by atoms with E-state index in [1.807, 2.05) is 61.5 Å². The molecule has 0 N–H and O–H groups in total. The van der Waals surface area contributed by atoms with Crippen LogP contribution in [0, 0.1) is 6.92 Å². The summed E-state index contributed by atoms with van der Waals surface area (Å²) in [5.41, 5.74) is 2.06. The van der Waals surface area contributed by atoms with E-state index in [0.29, 0.717) is 44.5 Å². The van der Waals surface area contributed by atoms with E-state index in [1.54, 1.807) is 12.1 Å². The lowest BCUT2D eigenvalue weighted by Crippen LogP contribution is -2.15. The fourth-order valence-electron chi connectivity index (χ4n) is 2.93. The minimum absolute atomic E-state index is 0.0565. The average Bonchev–Trinajstić information content (AvgIpc) is 2.85. The Morgan fingerprint density at radius 3 is 1.85 bits per heavy atom. The van der Waals surface area contributed by atoms with Crippen molar-refractivity contribution in [2.75, 3.05) is 39.6 Å². The van der Waals surface area contributed by atoms with E-state index in [1.165, 1.54) is 12.1 Å². The van der Waals surface area contributed by atoms with Gasteiger partial charge in [0.1, 0.15) is 13.2 Å². The molecule has 0 bridgehead atoms. The Labute approximate surface area is 201 Å². The molecule has 0 fully saturated rings. The molecule has 0 aliphatic carbocycles. The third-order valence-electron chi connectivity index (χ3n) is 4.72. The highest BCUT2D eigenvalue weighted by Crippen LogP contribution is 2.27. The zero-order chi connectivity index (χ0) is 24.1. The van der Waals surface area contributed by atoms with Crippen LogP contribution >= 0.6 is 0 Å². The minimum Gasteiger partial charge on any atom is -0.487 e. The summed E-state index contributed by atoms with van der Waals surface area (Å²) in [7, 11) is -3.77. The van der Waals surface area contributed by atoms with Gasteiger partial charge in [0.05, 0.1) is 37.9 Å². The van der Waals surface area contributed by atoms with Crippen molar-refractivity contribution in [1.29, 1.82) is 0 Å². The van der Waals surface area contributed by atoms with Crippen molar-refractivity contribution in [2.24, 2.45) is 0 Å². The molecule has 0 aliphatic rings. The van der Waals surface area contributed by atoms with Crippen LogP contribution in [0.25, 0.3) is 0 Å². The van der Waals surface area contributed by atoms with Crippen LogP contribution in [-0.4, -0.2) is 48.1 Å². The molecule has 0 saturated carbocycles. The van der Waals surface area contributed by atoms with Crippen LogP contribution in [-0.2, 0) is 30.4 Å². The molecule has 0 amide bonds. The Morgan fingerprint density at radius 1 is 0.618 bits per heavy atom. The summed E-state index contributed by atoms with van der Waals surface area (Å²) >= 11 is 0. The van der Waals surface area contributed by atoms with Gasteiger partial charge in [0.25, 0.3) is 10.1 Å². The molecule has 7 nitrogen and oxygen atoms in total. The van der Waals surface area contributed by atoms with Crippen molar-refractivity contribution in [3.05, 3.63) is 90.0 Å². The van der Waals surface area contributed by atoms with Crippen molar-refractivity contribution < 1.29 is 31.5 Å². The smallest absolute Gasteiger partial charge is 0.297 e. The van der Waals surface area contributed by atoms with Gasteiger partial charge in [0, 0.05) is 0 Å². The molecule has 3 aromatic carbocycles. The van der Waals surface area contributed by atoms with Crippen LogP contribution < -0.4 is 9.47 Å². The summed E-state index contributed by atoms with van der Waals surface area (Å²) in [5.74, 6) is 1.33. The molecule has 182 valence electrons. The fourth-order valence-corrected chi connectivity index (χ4v) is 3.83. The van der Waals surface area contributed by atoms with E-state index in [2.05, 4.69) is 0 Å². The molecule has 0 atom stereocenters. The number of para-hydroxylation sites is 2. The molecule has 34 heavy (non-hydrogen) atoms. The van der Waals surface area contributed by atoms with Crippen LogP contribution in [0.5, 0.6) is 11.5 Å². The topological polar surface area (TPSA) is 80.3 Å². The maximum atomic E-state index is 12.1. The molecular formula is C26H30O7S. The second-order valence-electron chi connectivity index (χ2n) is 7.38. The lowest BCUT2D eigenvalue weighted by molar-refractivity contribution is 0.0276.